The van der Waals surface area contributed by atoms with Crippen LogP contribution in [0.3, 0.4) is 0 Å². The molecule has 0 aromatic heterocycles. The molecule has 78 valence electrons. The van der Waals surface area contributed by atoms with Crippen molar-refractivity contribution in [2.75, 3.05) is 26.2 Å². The van der Waals surface area contributed by atoms with Crippen molar-refractivity contribution < 1.29 is 9.59 Å². The van der Waals surface area contributed by atoms with Crippen LogP contribution in [-0.2, 0) is 4.79 Å². The fraction of sp³-hybridized carbons (Fsp3) is 0.556. The van der Waals surface area contributed by atoms with Crippen LogP contribution in [0, 0.1) is 0 Å². The third-order valence-corrected chi connectivity index (χ3v) is 2.29. The molecule has 1 rings (SSSR count). The Labute approximate surface area is 83.1 Å². The average molecular weight is 197 g/mol. The molecule has 2 N–H and O–H groups in total. The summed E-state index contributed by atoms with van der Waals surface area (Å²) in [6.07, 6.45) is 0. The SMILES string of the molecule is C=C(CN1CCN(CC)C1=O)C(N)=O. The van der Waals surface area contributed by atoms with E-state index in [9.17, 15) is 9.59 Å². The summed E-state index contributed by atoms with van der Waals surface area (Å²) in [5.74, 6) is -0.548. The van der Waals surface area contributed by atoms with E-state index in [1.54, 1.807) is 9.80 Å². The van der Waals surface area contributed by atoms with E-state index >= 15 is 0 Å². The van der Waals surface area contributed by atoms with Gasteiger partial charge in [-0.25, -0.2) is 4.79 Å². The van der Waals surface area contributed by atoms with Gasteiger partial charge in [0.25, 0.3) is 0 Å². The molecule has 0 unspecified atom stereocenters. The summed E-state index contributed by atoms with van der Waals surface area (Å²) in [6.45, 7) is 7.72. The topological polar surface area (TPSA) is 66.6 Å². The van der Waals surface area contributed by atoms with E-state index < -0.39 is 5.91 Å². The number of carbonyl (C=O) groups excluding carboxylic acids is 2. The molecule has 0 aromatic carbocycles. The predicted octanol–water partition coefficient (Wildman–Crippen LogP) is -0.215. The first-order chi connectivity index (χ1) is 6.56. The molecule has 1 saturated heterocycles. The smallest absolute Gasteiger partial charge is 0.320 e. The van der Waals surface area contributed by atoms with Gasteiger partial charge in [-0.3, -0.25) is 4.79 Å². The zero-order valence-corrected chi connectivity index (χ0v) is 8.32. The molecule has 5 heteroatoms. The van der Waals surface area contributed by atoms with E-state index in [1.165, 1.54) is 0 Å². The number of carbonyl (C=O) groups is 2. The third-order valence-electron chi connectivity index (χ3n) is 2.29. The first-order valence-corrected chi connectivity index (χ1v) is 4.57. The monoisotopic (exact) mass is 197 g/mol. The van der Waals surface area contributed by atoms with Crippen molar-refractivity contribution >= 4 is 11.9 Å². The summed E-state index contributed by atoms with van der Waals surface area (Å²) in [7, 11) is 0. The van der Waals surface area contributed by atoms with Crippen LogP contribution in [0.15, 0.2) is 12.2 Å². The molecule has 5 nitrogen and oxygen atoms in total. The number of nitrogens with zero attached hydrogens (tertiary/aromatic N) is 2. The van der Waals surface area contributed by atoms with Crippen molar-refractivity contribution in [1.29, 1.82) is 0 Å². The normalized spacial score (nSPS) is 16.2. The van der Waals surface area contributed by atoms with Crippen LogP contribution in [0.4, 0.5) is 4.79 Å². The largest absolute Gasteiger partial charge is 0.366 e. The van der Waals surface area contributed by atoms with Crippen molar-refractivity contribution in [3.05, 3.63) is 12.2 Å². The molecular weight excluding hydrogens is 182 g/mol. The van der Waals surface area contributed by atoms with Crippen LogP contribution in [0.25, 0.3) is 0 Å². The molecule has 1 aliphatic rings. The van der Waals surface area contributed by atoms with Gasteiger partial charge < -0.3 is 15.5 Å². The third kappa shape index (κ3) is 2.04. The predicted molar refractivity (Wildman–Crippen MR) is 52.6 cm³/mol. The number of rotatable bonds is 4. The highest BCUT2D eigenvalue weighted by molar-refractivity contribution is 5.92. The van der Waals surface area contributed by atoms with Crippen molar-refractivity contribution in [3.63, 3.8) is 0 Å². The van der Waals surface area contributed by atoms with Crippen molar-refractivity contribution in [1.82, 2.24) is 9.80 Å². The Morgan fingerprint density at radius 3 is 2.50 bits per heavy atom. The van der Waals surface area contributed by atoms with Gasteiger partial charge in [0, 0.05) is 25.2 Å². The summed E-state index contributed by atoms with van der Waals surface area (Å²) < 4.78 is 0. The second-order valence-corrected chi connectivity index (χ2v) is 3.25. The summed E-state index contributed by atoms with van der Waals surface area (Å²) in [4.78, 5) is 25.6. The number of primary amides is 1. The van der Waals surface area contributed by atoms with Crippen LogP contribution in [0.5, 0.6) is 0 Å². The number of urea groups is 1. The summed E-state index contributed by atoms with van der Waals surface area (Å²) in [6, 6.07) is -0.0464. The van der Waals surface area contributed by atoms with Crippen molar-refractivity contribution in [2.45, 2.75) is 6.92 Å². The standard InChI is InChI=1S/C9H15N3O2/c1-3-11-4-5-12(9(11)14)6-7(2)8(10)13/h2-6H2,1H3,(H2,10,13). The molecule has 0 aromatic rings. The molecule has 0 spiro atoms. The zero-order chi connectivity index (χ0) is 10.7. The second kappa shape index (κ2) is 4.13. The fourth-order valence-corrected chi connectivity index (χ4v) is 1.38. The molecule has 1 fully saturated rings. The second-order valence-electron chi connectivity index (χ2n) is 3.25. The molecule has 1 heterocycles. The maximum Gasteiger partial charge on any atom is 0.320 e. The molecule has 0 radical (unpaired) electrons. The number of likely N-dealkylation sites (N-methyl/N-ethyl adjacent to an activating group) is 1. The molecular formula is C9H15N3O2. The van der Waals surface area contributed by atoms with Crippen LogP contribution in [0.1, 0.15) is 6.92 Å². The Bertz CT molecular complexity index is 275. The Morgan fingerprint density at radius 1 is 1.50 bits per heavy atom. The van der Waals surface area contributed by atoms with E-state index in [2.05, 4.69) is 6.58 Å². The van der Waals surface area contributed by atoms with E-state index in [0.29, 0.717) is 19.6 Å². The van der Waals surface area contributed by atoms with Gasteiger partial charge in [0.15, 0.2) is 0 Å². The maximum atomic E-state index is 11.6. The fourth-order valence-electron chi connectivity index (χ4n) is 1.38. The molecule has 0 saturated carbocycles. The summed E-state index contributed by atoms with van der Waals surface area (Å²) >= 11 is 0. The maximum absolute atomic E-state index is 11.6. The average Bonchev–Trinajstić information content (AvgIpc) is 2.47. The van der Waals surface area contributed by atoms with Crippen LogP contribution < -0.4 is 5.73 Å². The minimum atomic E-state index is -0.548. The van der Waals surface area contributed by atoms with Gasteiger partial charge in [0.2, 0.25) is 5.91 Å². The lowest BCUT2D eigenvalue weighted by Gasteiger charge is -2.17. The van der Waals surface area contributed by atoms with Gasteiger partial charge in [-0.15, -0.1) is 0 Å². The van der Waals surface area contributed by atoms with Gasteiger partial charge >= 0.3 is 6.03 Å². The van der Waals surface area contributed by atoms with Gasteiger partial charge in [-0.2, -0.15) is 0 Å². The number of hydrogen-bond acceptors (Lipinski definition) is 2. The van der Waals surface area contributed by atoms with Crippen LogP contribution >= 0.6 is 0 Å². The van der Waals surface area contributed by atoms with Gasteiger partial charge in [0.05, 0.1) is 6.54 Å². The lowest BCUT2D eigenvalue weighted by Crippen LogP contribution is -2.34. The molecule has 1 aliphatic heterocycles. The molecule has 14 heavy (non-hydrogen) atoms. The highest BCUT2D eigenvalue weighted by Gasteiger charge is 2.27. The van der Waals surface area contributed by atoms with Gasteiger partial charge in [0.1, 0.15) is 0 Å². The van der Waals surface area contributed by atoms with E-state index in [1.807, 2.05) is 6.92 Å². The summed E-state index contributed by atoms with van der Waals surface area (Å²) in [5.41, 5.74) is 5.31. The first-order valence-electron chi connectivity index (χ1n) is 4.57. The highest BCUT2D eigenvalue weighted by Crippen LogP contribution is 2.09. The first kappa shape index (κ1) is 10.6. The lowest BCUT2D eigenvalue weighted by atomic mass is 10.3. The Kier molecular flexibility index (Phi) is 3.11. The Hall–Kier alpha value is -1.52. The van der Waals surface area contributed by atoms with Crippen molar-refractivity contribution in [2.24, 2.45) is 5.73 Å². The van der Waals surface area contributed by atoms with Crippen LogP contribution in [0.2, 0.25) is 0 Å². The molecule has 0 aliphatic carbocycles. The minimum absolute atomic E-state index is 0.0464. The number of amides is 3. The van der Waals surface area contributed by atoms with Crippen molar-refractivity contribution in [3.8, 4) is 0 Å². The van der Waals surface area contributed by atoms with E-state index in [4.69, 9.17) is 5.73 Å². The number of nitrogens with two attached hydrogens (primary N) is 1. The Morgan fingerprint density at radius 2 is 2.07 bits per heavy atom. The molecule has 3 amide bonds. The van der Waals surface area contributed by atoms with E-state index in [0.717, 1.165) is 0 Å². The Balaban J connectivity index is 2.52. The van der Waals surface area contributed by atoms with E-state index in [-0.39, 0.29) is 18.1 Å². The lowest BCUT2D eigenvalue weighted by molar-refractivity contribution is -0.114. The number of hydrogen-bond donors (Lipinski definition) is 1. The van der Waals surface area contributed by atoms with Gasteiger partial charge in [-0.05, 0) is 6.92 Å². The summed E-state index contributed by atoms with van der Waals surface area (Å²) in [5, 5.41) is 0. The van der Waals surface area contributed by atoms with Gasteiger partial charge in [-0.1, -0.05) is 6.58 Å². The molecule has 0 bridgehead atoms. The zero-order valence-electron chi connectivity index (χ0n) is 8.32. The quantitative estimate of drug-likeness (QED) is 0.633. The molecule has 0 atom stereocenters. The minimum Gasteiger partial charge on any atom is -0.366 e. The highest BCUT2D eigenvalue weighted by atomic mass is 16.2. The van der Waals surface area contributed by atoms with Crippen LogP contribution in [-0.4, -0.2) is 47.9 Å².